The molecule has 0 bridgehead atoms. The van der Waals surface area contributed by atoms with Crippen LogP contribution in [0.3, 0.4) is 0 Å². The van der Waals surface area contributed by atoms with Gasteiger partial charge in [-0.15, -0.1) is 0 Å². The highest BCUT2D eigenvalue weighted by Gasteiger charge is 2.20. The minimum Gasteiger partial charge on any atom is -0.349 e. The molecule has 1 heterocycles. The van der Waals surface area contributed by atoms with Crippen LogP contribution >= 0.6 is 0 Å². The van der Waals surface area contributed by atoms with E-state index in [4.69, 9.17) is 0 Å². The van der Waals surface area contributed by atoms with E-state index >= 15 is 0 Å². The van der Waals surface area contributed by atoms with E-state index < -0.39 is 5.56 Å². The van der Waals surface area contributed by atoms with E-state index in [9.17, 15) is 14.4 Å². The first-order chi connectivity index (χ1) is 14.5. The fourth-order valence-electron chi connectivity index (χ4n) is 4.01. The summed E-state index contributed by atoms with van der Waals surface area (Å²) >= 11 is 0. The smallest absolute Gasteiger partial charge is 0.263 e. The number of pyridine rings is 1. The molecule has 1 saturated carbocycles. The fourth-order valence-corrected chi connectivity index (χ4v) is 4.01. The third kappa shape index (κ3) is 5.59. The summed E-state index contributed by atoms with van der Waals surface area (Å²) in [4.78, 5) is 39.7. The second kappa shape index (κ2) is 10.2. The number of amides is 2. The molecule has 1 N–H and O–H groups in total. The molecule has 2 aromatic rings. The average Bonchev–Trinajstić information content (AvgIpc) is 2.76. The Labute approximate surface area is 177 Å². The molecule has 2 amide bonds. The topological polar surface area (TPSA) is 71.4 Å². The van der Waals surface area contributed by atoms with Gasteiger partial charge in [-0.05, 0) is 36.5 Å². The van der Waals surface area contributed by atoms with Crippen molar-refractivity contribution in [3.63, 3.8) is 0 Å². The van der Waals surface area contributed by atoms with Crippen molar-refractivity contribution >= 4 is 11.8 Å². The molecule has 1 aliphatic carbocycles. The predicted molar refractivity (Wildman–Crippen MR) is 118 cm³/mol. The van der Waals surface area contributed by atoms with Crippen LogP contribution in [0.15, 0.2) is 53.5 Å². The maximum atomic E-state index is 12.8. The van der Waals surface area contributed by atoms with Crippen LogP contribution in [0.4, 0.5) is 0 Å². The lowest BCUT2D eigenvalue weighted by molar-refractivity contribution is -0.130. The third-order valence-electron chi connectivity index (χ3n) is 5.85. The van der Waals surface area contributed by atoms with Gasteiger partial charge in [0.25, 0.3) is 11.5 Å². The van der Waals surface area contributed by atoms with Crippen molar-refractivity contribution in [2.75, 3.05) is 13.6 Å². The summed E-state index contributed by atoms with van der Waals surface area (Å²) in [5, 5.41) is 2.98. The lowest BCUT2D eigenvalue weighted by Gasteiger charge is -2.23. The van der Waals surface area contributed by atoms with E-state index in [2.05, 4.69) is 12.2 Å². The fraction of sp³-hybridized carbons (Fsp3) is 0.458. The van der Waals surface area contributed by atoms with Gasteiger partial charge in [0.05, 0.1) is 0 Å². The number of carbonyl (C=O) groups excluding carboxylic acids is 2. The molecular weight excluding hydrogens is 378 g/mol. The monoisotopic (exact) mass is 409 g/mol. The second-order valence-corrected chi connectivity index (χ2v) is 8.25. The van der Waals surface area contributed by atoms with Crippen molar-refractivity contribution in [1.82, 2.24) is 14.8 Å². The highest BCUT2D eigenvalue weighted by molar-refractivity contribution is 5.94. The molecule has 160 valence electrons. The quantitative estimate of drug-likeness (QED) is 0.764. The maximum Gasteiger partial charge on any atom is 0.263 e. The van der Waals surface area contributed by atoms with Gasteiger partial charge < -0.3 is 14.8 Å². The standard InChI is InChI=1S/C24H31N3O3/c1-18(19-10-5-3-6-11-19)16-26(2)22(28)17-27-15-9-14-21(24(27)30)23(29)25-20-12-7-4-8-13-20/h3,5-6,9-11,14-15,18,20H,4,7-8,12-13,16-17H2,1-2H3,(H,25,29)/t18-/m0/s1. The molecule has 3 rings (SSSR count). The number of benzene rings is 1. The zero-order valence-corrected chi connectivity index (χ0v) is 17.8. The summed E-state index contributed by atoms with van der Waals surface area (Å²) in [5.41, 5.74) is 0.829. The first-order valence-electron chi connectivity index (χ1n) is 10.7. The van der Waals surface area contributed by atoms with Crippen molar-refractivity contribution in [2.45, 2.75) is 57.5 Å². The Bertz CT molecular complexity index is 917. The van der Waals surface area contributed by atoms with Crippen molar-refractivity contribution in [2.24, 2.45) is 0 Å². The zero-order chi connectivity index (χ0) is 21.5. The van der Waals surface area contributed by atoms with Crippen molar-refractivity contribution in [1.29, 1.82) is 0 Å². The Kier molecular flexibility index (Phi) is 7.44. The van der Waals surface area contributed by atoms with Crippen LogP contribution in [0.25, 0.3) is 0 Å². The van der Waals surface area contributed by atoms with E-state index in [0.717, 1.165) is 31.2 Å². The first kappa shape index (κ1) is 21.8. The van der Waals surface area contributed by atoms with Crippen LogP contribution < -0.4 is 10.9 Å². The summed E-state index contributed by atoms with van der Waals surface area (Å²) in [6, 6.07) is 13.3. The molecule has 1 aromatic carbocycles. The number of nitrogens with zero attached hydrogens (tertiary/aromatic N) is 2. The number of nitrogens with one attached hydrogen (secondary N) is 1. The van der Waals surface area contributed by atoms with E-state index in [1.165, 1.54) is 17.1 Å². The Balaban J connectivity index is 1.63. The van der Waals surface area contributed by atoms with Gasteiger partial charge in [-0.1, -0.05) is 56.5 Å². The normalized spacial score (nSPS) is 15.4. The minimum absolute atomic E-state index is 0.0820. The Hall–Kier alpha value is -2.89. The molecule has 1 aromatic heterocycles. The van der Waals surface area contributed by atoms with Crippen LogP contribution in [0.1, 0.15) is 60.9 Å². The van der Waals surface area contributed by atoms with Gasteiger partial charge in [0, 0.05) is 25.8 Å². The molecule has 0 saturated heterocycles. The van der Waals surface area contributed by atoms with Gasteiger partial charge in [0.1, 0.15) is 12.1 Å². The molecule has 0 unspecified atom stereocenters. The van der Waals surface area contributed by atoms with Gasteiger partial charge in [-0.2, -0.15) is 0 Å². The maximum absolute atomic E-state index is 12.8. The molecule has 1 atom stereocenters. The van der Waals surface area contributed by atoms with E-state index in [1.54, 1.807) is 24.2 Å². The lowest BCUT2D eigenvalue weighted by atomic mass is 9.95. The van der Waals surface area contributed by atoms with Crippen molar-refractivity contribution < 1.29 is 9.59 Å². The molecule has 0 aliphatic heterocycles. The largest absolute Gasteiger partial charge is 0.349 e. The van der Waals surface area contributed by atoms with Crippen LogP contribution in [-0.4, -0.2) is 40.9 Å². The lowest BCUT2D eigenvalue weighted by Crippen LogP contribution is -2.41. The van der Waals surface area contributed by atoms with Crippen molar-refractivity contribution in [3.05, 3.63) is 70.1 Å². The Morgan fingerprint density at radius 1 is 1.10 bits per heavy atom. The van der Waals surface area contributed by atoms with Crippen LogP contribution in [0.2, 0.25) is 0 Å². The summed E-state index contributed by atoms with van der Waals surface area (Å²) < 4.78 is 1.32. The van der Waals surface area contributed by atoms with Crippen molar-refractivity contribution in [3.8, 4) is 0 Å². The molecule has 0 spiro atoms. The van der Waals surface area contributed by atoms with Crippen LogP contribution in [-0.2, 0) is 11.3 Å². The summed E-state index contributed by atoms with van der Waals surface area (Å²) in [6.45, 7) is 2.54. The SMILES string of the molecule is C[C@@H](CN(C)C(=O)Cn1cccc(C(=O)NC2CCCCC2)c1=O)c1ccccc1. The number of carbonyl (C=O) groups is 2. The van der Waals surface area contributed by atoms with Gasteiger partial charge in [0.2, 0.25) is 5.91 Å². The molecular formula is C24H31N3O3. The van der Waals surface area contributed by atoms with Gasteiger partial charge in [-0.3, -0.25) is 14.4 Å². The Morgan fingerprint density at radius 3 is 2.50 bits per heavy atom. The van der Waals surface area contributed by atoms with Gasteiger partial charge in [0.15, 0.2) is 0 Å². The highest BCUT2D eigenvalue weighted by Crippen LogP contribution is 2.18. The van der Waals surface area contributed by atoms with Gasteiger partial charge in [-0.25, -0.2) is 0 Å². The number of rotatable bonds is 7. The molecule has 6 nitrogen and oxygen atoms in total. The van der Waals surface area contributed by atoms with E-state index in [0.29, 0.717) is 6.54 Å². The van der Waals surface area contributed by atoms with Crippen LogP contribution in [0.5, 0.6) is 0 Å². The second-order valence-electron chi connectivity index (χ2n) is 8.25. The minimum atomic E-state index is -0.427. The molecule has 30 heavy (non-hydrogen) atoms. The highest BCUT2D eigenvalue weighted by atomic mass is 16.2. The number of hydrogen-bond acceptors (Lipinski definition) is 3. The molecule has 1 aliphatic rings. The van der Waals surface area contributed by atoms with E-state index in [1.807, 2.05) is 30.3 Å². The Morgan fingerprint density at radius 2 is 1.80 bits per heavy atom. The van der Waals surface area contributed by atoms with Crippen LogP contribution in [0, 0.1) is 0 Å². The average molecular weight is 410 g/mol. The number of hydrogen-bond donors (Lipinski definition) is 1. The molecule has 6 heteroatoms. The summed E-state index contributed by atoms with van der Waals surface area (Å²) in [6.07, 6.45) is 6.87. The summed E-state index contributed by atoms with van der Waals surface area (Å²) in [7, 11) is 1.74. The molecule has 0 radical (unpaired) electrons. The summed E-state index contributed by atoms with van der Waals surface area (Å²) in [5.74, 6) is -0.325. The third-order valence-corrected chi connectivity index (χ3v) is 5.85. The number of aromatic nitrogens is 1. The number of likely N-dealkylation sites (N-methyl/N-ethyl adjacent to an activating group) is 1. The van der Waals surface area contributed by atoms with E-state index in [-0.39, 0.29) is 35.9 Å². The zero-order valence-electron chi connectivity index (χ0n) is 17.8. The first-order valence-corrected chi connectivity index (χ1v) is 10.7. The molecule has 1 fully saturated rings. The predicted octanol–water partition coefficient (Wildman–Crippen LogP) is 3.17. The van der Waals surface area contributed by atoms with Gasteiger partial charge >= 0.3 is 0 Å².